The topological polar surface area (TPSA) is 69.6 Å². The minimum absolute atomic E-state index is 0.0281. The first-order valence-corrected chi connectivity index (χ1v) is 6.81. The van der Waals surface area contributed by atoms with Crippen molar-refractivity contribution in [2.24, 2.45) is 0 Å². The number of rotatable bonds is 6. The highest BCUT2D eigenvalue weighted by Gasteiger charge is 2.13. The van der Waals surface area contributed by atoms with Gasteiger partial charge in [0.05, 0.1) is 6.54 Å². The molecule has 0 aliphatic rings. The molecule has 1 rings (SSSR count). The number of hydrogen-bond donors (Lipinski definition) is 2. The molecule has 1 aromatic rings. The van der Waals surface area contributed by atoms with Crippen LogP contribution in [0.4, 0.5) is 4.79 Å². The second-order valence-electron chi connectivity index (χ2n) is 4.29. The third-order valence-corrected chi connectivity index (χ3v) is 3.36. The van der Waals surface area contributed by atoms with Crippen molar-refractivity contribution in [3.05, 3.63) is 33.8 Å². The molecule has 2 N–H and O–H groups in total. The van der Waals surface area contributed by atoms with Crippen LogP contribution in [0.3, 0.4) is 0 Å². The van der Waals surface area contributed by atoms with E-state index in [2.05, 4.69) is 5.32 Å². The van der Waals surface area contributed by atoms with Crippen molar-refractivity contribution >= 4 is 35.2 Å². The van der Waals surface area contributed by atoms with Crippen molar-refractivity contribution in [2.75, 3.05) is 13.6 Å². The Labute approximate surface area is 127 Å². The Hall–Kier alpha value is -1.46. The number of hydrogen-bond acceptors (Lipinski definition) is 2. The SMILES string of the molecule is CN(Cc1c(Cl)cccc1Cl)C(=O)NCCCC(=O)O. The summed E-state index contributed by atoms with van der Waals surface area (Å²) in [6.07, 6.45) is 0.419. The number of urea groups is 1. The van der Waals surface area contributed by atoms with Crippen LogP contribution in [0.2, 0.25) is 10.0 Å². The lowest BCUT2D eigenvalue weighted by molar-refractivity contribution is -0.137. The van der Waals surface area contributed by atoms with Crippen LogP contribution in [-0.2, 0) is 11.3 Å². The van der Waals surface area contributed by atoms with E-state index >= 15 is 0 Å². The van der Waals surface area contributed by atoms with Crippen molar-refractivity contribution in [3.8, 4) is 0 Å². The molecule has 2 amide bonds. The van der Waals surface area contributed by atoms with Crippen LogP contribution in [0.15, 0.2) is 18.2 Å². The molecule has 0 heterocycles. The zero-order valence-corrected chi connectivity index (χ0v) is 12.5. The monoisotopic (exact) mass is 318 g/mol. The maximum atomic E-state index is 11.8. The highest BCUT2D eigenvalue weighted by molar-refractivity contribution is 6.36. The average molecular weight is 319 g/mol. The number of aliphatic carboxylic acids is 1. The second-order valence-corrected chi connectivity index (χ2v) is 5.10. The molecule has 0 radical (unpaired) electrons. The molecule has 0 aliphatic carbocycles. The van der Waals surface area contributed by atoms with Gasteiger partial charge in [0, 0.05) is 35.6 Å². The van der Waals surface area contributed by atoms with Crippen molar-refractivity contribution < 1.29 is 14.7 Å². The molecule has 20 heavy (non-hydrogen) atoms. The fraction of sp³-hybridized carbons (Fsp3) is 0.385. The number of amides is 2. The van der Waals surface area contributed by atoms with Gasteiger partial charge in [0.2, 0.25) is 0 Å². The first-order valence-electron chi connectivity index (χ1n) is 6.05. The summed E-state index contributed by atoms with van der Waals surface area (Å²) in [6.45, 7) is 0.592. The van der Waals surface area contributed by atoms with Gasteiger partial charge in [-0.2, -0.15) is 0 Å². The minimum Gasteiger partial charge on any atom is -0.481 e. The summed E-state index contributed by atoms with van der Waals surface area (Å²) in [5.41, 5.74) is 0.680. The third-order valence-electron chi connectivity index (χ3n) is 2.65. The fourth-order valence-corrected chi connectivity index (χ4v) is 2.08. The van der Waals surface area contributed by atoms with E-state index in [-0.39, 0.29) is 19.0 Å². The predicted molar refractivity (Wildman–Crippen MR) is 78.2 cm³/mol. The Balaban J connectivity index is 2.47. The van der Waals surface area contributed by atoms with Gasteiger partial charge in [0.25, 0.3) is 0 Å². The Kier molecular flexibility index (Phi) is 6.61. The number of halogens is 2. The zero-order chi connectivity index (χ0) is 15.1. The average Bonchev–Trinajstić information content (AvgIpc) is 2.38. The number of carboxylic acid groups (broad SMARTS) is 1. The number of nitrogens with zero attached hydrogens (tertiary/aromatic N) is 1. The smallest absolute Gasteiger partial charge is 0.317 e. The maximum Gasteiger partial charge on any atom is 0.317 e. The van der Waals surface area contributed by atoms with Crippen LogP contribution in [0.25, 0.3) is 0 Å². The molecule has 0 bridgehead atoms. The van der Waals surface area contributed by atoms with E-state index in [0.717, 1.165) is 0 Å². The molecule has 0 unspecified atom stereocenters. The van der Waals surface area contributed by atoms with Gasteiger partial charge in [-0.3, -0.25) is 4.79 Å². The van der Waals surface area contributed by atoms with Gasteiger partial charge in [-0.1, -0.05) is 29.3 Å². The highest BCUT2D eigenvalue weighted by atomic mass is 35.5. The van der Waals surface area contributed by atoms with Gasteiger partial charge >= 0.3 is 12.0 Å². The standard InChI is InChI=1S/C13H16Cl2N2O3/c1-17(13(20)16-7-3-6-12(18)19)8-9-10(14)4-2-5-11(9)15/h2,4-5H,3,6-8H2,1H3,(H,16,20)(H,18,19). The first-order chi connectivity index (χ1) is 9.41. The van der Waals surface area contributed by atoms with E-state index in [4.69, 9.17) is 28.3 Å². The van der Waals surface area contributed by atoms with Crippen LogP contribution in [0, 0.1) is 0 Å². The molecule has 0 saturated heterocycles. The summed E-state index contributed by atoms with van der Waals surface area (Å²) in [6, 6.07) is 4.86. The van der Waals surface area contributed by atoms with E-state index in [9.17, 15) is 9.59 Å². The molecule has 0 spiro atoms. The Morgan fingerprint density at radius 3 is 2.45 bits per heavy atom. The number of carbonyl (C=O) groups is 2. The summed E-state index contributed by atoms with van der Waals surface area (Å²) in [7, 11) is 1.62. The van der Waals surface area contributed by atoms with Gasteiger partial charge in [-0.15, -0.1) is 0 Å². The van der Waals surface area contributed by atoms with Crippen molar-refractivity contribution in [1.29, 1.82) is 0 Å². The summed E-state index contributed by atoms with van der Waals surface area (Å²) in [5.74, 6) is -0.879. The van der Waals surface area contributed by atoms with E-state index in [0.29, 0.717) is 28.6 Å². The summed E-state index contributed by atoms with van der Waals surface area (Å²) < 4.78 is 0. The Bertz CT molecular complexity index is 474. The predicted octanol–water partition coefficient (Wildman–Crippen LogP) is 3.00. The lowest BCUT2D eigenvalue weighted by Crippen LogP contribution is -2.37. The minimum atomic E-state index is -0.879. The fourth-order valence-electron chi connectivity index (χ4n) is 1.56. The quantitative estimate of drug-likeness (QED) is 0.792. The highest BCUT2D eigenvalue weighted by Crippen LogP contribution is 2.25. The van der Waals surface area contributed by atoms with Crippen LogP contribution in [-0.4, -0.2) is 35.6 Å². The molecule has 0 atom stereocenters. The molecular weight excluding hydrogens is 303 g/mol. The van der Waals surface area contributed by atoms with Crippen molar-refractivity contribution in [1.82, 2.24) is 10.2 Å². The summed E-state index contributed by atoms with van der Waals surface area (Å²) >= 11 is 12.1. The molecule has 0 fully saturated rings. The summed E-state index contributed by atoms with van der Waals surface area (Å²) in [4.78, 5) is 23.6. The molecule has 1 aromatic carbocycles. The van der Waals surface area contributed by atoms with Crippen LogP contribution < -0.4 is 5.32 Å². The van der Waals surface area contributed by atoms with Gasteiger partial charge in [-0.25, -0.2) is 4.79 Å². The number of nitrogens with one attached hydrogen (secondary N) is 1. The van der Waals surface area contributed by atoms with Crippen LogP contribution in [0.5, 0.6) is 0 Å². The van der Waals surface area contributed by atoms with E-state index in [1.54, 1.807) is 25.2 Å². The Morgan fingerprint density at radius 2 is 1.90 bits per heavy atom. The molecule has 0 saturated carbocycles. The van der Waals surface area contributed by atoms with E-state index in [1.165, 1.54) is 4.90 Å². The second kappa shape index (κ2) is 7.97. The largest absolute Gasteiger partial charge is 0.481 e. The van der Waals surface area contributed by atoms with Gasteiger partial charge < -0.3 is 15.3 Å². The van der Waals surface area contributed by atoms with Gasteiger partial charge in [0.1, 0.15) is 0 Å². The molecule has 7 heteroatoms. The maximum absolute atomic E-state index is 11.8. The lowest BCUT2D eigenvalue weighted by Gasteiger charge is -2.19. The zero-order valence-electron chi connectivity index (χ0n) is 11.0. The third kappa shape index (κ3) is 5.27. The van der Waals surface area contributed by atoms with Gasteiger partial charge in [-0.05, 0) is 18.6 Å². The first kappa shape index (κ1) is 16.6. The number of carboxylic acids is 1. The Morgan fingerprint density at radius 1 is 1.30 bits per heavy atom. The van der Waals surface area contributed by atoms with E-state index < -0.39 is 5.97 Å². The summed E-state index contributed by atoms with van der Waals surface area (Å²) in [5, 5.41) is 12.1. The molecule has 110 valence electrons. The molecule has 0 aromatic heterocycles. The van der Waals surface area contributed by atoms with Crippen LogP contribution >= 0.6 is 23.2 Å². The van der Waals surface area contributed by atoms with E-state index in [1.807, 2.05) is 0 Å². The number of carbonyl (C=O) groups excluding carboxylic acids is 1. The van der Waals surface area contributed by atoms with Crippen molar-refractivity contribution in [2.45, 2.75) is 19.4 Å². The molecule has 0 aliphatic heterocycles. The normalized spacial score (nSPS) is 10.2. The molecule has 5 nitrogen and oxygen atoms in total. The lowest BCUT2D eigenvalue weighted by atomic mass is 10.2. The molecular formula is C13H16Cl2N2O3. The van der Waals surface area contributed by atoms with Crippen LogP contribution in [0.1, 0.15) is 18.4 Å². The van der Waals surface area contributed by atoms with Crippen molar-refractivity contribution in [3.63, 3.8) is 0 Å². The van der Waals surface area contributed by atoms with Gasteiger partial charge in [0.15, 0.2) is 0 Å². The number of benzene rings is 1.